The first-order chi connectivity index (χ1) is 19.3. The molecule has 10 nitrogen and oxygen atoms in total. The Morgan fingerprint density at radius 3 is 1.98 bits per heavy atom. The first kappa shape index (κ1) is 27.3. The van der Waals surface area contributed by atoms with Crippen LogP contribution in [0, 0.1) is 6.92 Å². The zero-order chi connectivity index (χ0) is 28.4. The van der Waals surface area contributed by atoms with E-state index in [-0.39, 0.29) is 12.1 Å². The molecule has 0 amide bonds. The van der Waals surface area contributed by atoms with Crippen LogP contribution in [-0.2, 0) is 10.2 Å². The van der Waals surface area contributed by atoms with Crippen LogP contribution in [0.4, 0.5) is 0 Å². The quantitative estimate of drug-likeness (QED) is 0.287. The van der Waals surface area contributed by atoms with E-state index in [1.54, 1.807) is 14.2 Å². The molecule has 1 aliphatic heterocycles. The van der Waals surface area contributed by atoms with Crippen molar-refractivity contribution in [2.45, 2.75) is 43.3 Å². The lowest BCUT2D eigenvalue weighted by Crippen LogP contribution is -2.51. The van der Waals surface area contributed by atoms with Crippen LogP contribution in [0.3, 0.4) is 0 Å². The number of aryl methyl sites for hydroxylation is 1. The molecular formula is C30H31N3O7. The molecule has 40 heavy (non-hydrogen) atoms. The molecule has 3 N–H and O–H groups in total. The van der Waals surface area contributed by atoms with E-state index in [4.69, 9.17) is 14.2 Å². The van der Waals surface area contributed by atoms with Gasteiger partial charge in [-0.25, -0.2) is 4.79 Å². The highest BCUT2D eigenvalue weighted by Gasteiger charge is 2.52. The van der Waals surface area contributed by atoms with Crippen LogP contribution in [0.1, 0.15) is 35.0 Å². The first-order valence-electron chi connectivity index (χ1n) is 12.9. The van der Waals surface area contributed by atoms with Crippen molar-refractivity contribution in [3.63, 3.8) is 0 Å². The summed E-state index contributed by atoms with van der Waals surface area (Å²) < 4.78 is 18.0. The fraction of sp³-hybridized carbons (Fsp3) is 0.300. The zero-order valence-electron chi connectivity index (χ0n) is 22.4. The number of methoxy groups -OCH3 is 2. The molecule has 5 rings (SSSR count). The summed E-state index contributed by atoms with van der Waals surface area (Å²) in [6.07, 6.45) is -4.64. The monoisotopic (exact) mass is 545 g/mol. The third-order valence-corrected chi connectivity index (χ3v) is 7.50. The Morgan fingerprint density at radius 1 is 0.925 bits per heavy atom. The molecule has 1 fully saturated rings. The number of H-pyrrole nitrogens is 1. The van der Waals surface area contributed by atoms with Crippen molar-refractivity contribution < 1.29 is 24.4 Å². The smallest absolute Gasteiger partial charge is 0.347 e. The summed E-state index contributed by atoms with van der Waals surface area (Å²) in [5.41, 5.74) is -0.289. The van der Waals surface area contributed by atoms with Gasteiger partial charge in [0.05, 0.1) is 25.7 Å². The maximum atomic E-state index is 12.5. The molecule has 4 atom stereocenters. The fourth-order valence-electron chi connectivity index (χ4n) is 5.47. The number of aliphatic hydroxyl groups excluding tert-OH is 2. The Balaban J connectivity index is 1.68. The second kappa shape index (κ2) is 11.1. The van der Waals surface area contributed by atoms with Gasteiger partial charge >= 0.3 is 5.69 Å². The molecule has 0 spiro atoms. The predicted octanol–water partition coefficient (Wildman–Crippen LogP) is 2.30. The molecule has 10 heteroatoms. The van der Waals surface area contributed by atoms with Gasteiger partial charge in [0.1, 0.15) is 29.4 Å². The van der Waals surface area contributed by atoms with E-state index in [1.807, 2.05) is 78.9 Å². The van der Waals surface area contributed by atoms with Crippen LogP contribution in [0.2, 0.25) is 0 Å². The molecule has 1 aliphatic rings. The molecule has 0 aliphatic carbocycles. The van der Waals surface area contributed by atoms with E-state index in [2.05, 4.69) is 10.1 Å². The van der Waals surface area contributed by atoms with E-state index < -0.39 is 41.2 Å². The van der Waals surface area contributed by atoms with Crippen molar-refractivity contribution >= 4 is 0 Å². The number of aliphatic hydroxyl groups is 2. The maximum Gasteiger partial charge on any atom is 0.347 e. The molecule has 0 saturated carbocycles. The van der Waals surface area contributed by atoms with Crippen LogP contribution < -0.4 is 20.7 Å². The fourth-order valence-corrected chi connectivity index (χ4v) is 5.47. The number of nitrogens with one attached hydrogen (secondary N) is 1. The molecule has 1 aromatic heterocycles. The van der Waals surface area contributed by atoms with E-state index >= 15 is 0 Å². The van der Waals surface area contributed by atoms with Crippen molar-refractivity contribution in [3.05, 3.63) is 122 Å². The van der Waals surface area contributed by atoms with Crippen molar-refractivity contribution in [2.24, 2.45) is 0 Å². The molecule has 4 aromatic rings. The van der Waals surface area contributed by atoms with Gasteiger partial charge in [0.2, 0.25) is 0 Å². The van der Waals surface area contributed by atoms with Gasteiger partial charge in [0, 0.05) is 6.42 Å². The number of hydrogen-bond donors (Lipinski definition) is 3. The van der Waals surface area contributed by atoms with Crippen molar-refractivity contribution in [1.29, 1.82) is 0 Å². The summed E-state index contributed by atoms with van der Waals surface area (Å²) in [7, 11) is 3.16. The molecular weight excluding hydrogens is 514 g/mol. The lowest BCUT2D eigenvalue weighted by atomic mass is 9.64. The summed E-state index contributed by atoms with van der Waals surface area (Å²) in [4.78, 5) is 26.6. The van der Waals surface area contributed by atoms with Crippen LogP contribution in [0.5, 0.6) is 11.5 Å². The number of aromatic nitrogens is 3. The maximum absolute atomic E-state index is 12.5. The molecule has 208 valence electrons. The standard InChI is InChI=1S/C30H31N3O7/c1-18-28(36)31-29(37)33(32-18)25-17-24(34)26(40-25)27(35)30(19-7-5-4-6-8-19,20-9-13-22(38-2)14-10-20)21-11-15-23(39-3)16-12-21/h4-16,24-27,34-35H,17H2,1-3H3,(H,31,36,37)/t24-,25-,26-,27?/m0/s1. The van der Waals surface area contributed by atoms with Gasteiger partial charge in [-0.1, -0.05) is 54.6 Å². The lowest BCUT2D eigenvalue weighted by Gasteiger charge is -2.42. The minimum Gasteiger partial charge on any atom is -0.497 e. The Hall–Kier alpha value is -4.25. The van der Waals surface area contributed by atoms with Gasteiger partial charge < -0.3 is 24.4 Å². The average Bonchev–Trinajstić information content (AvgIpc) is 3.37. The van der Waals surface area contributed by atoms with E-state index in [0.29, 0.717) is 11.5 Å². The third kappa shape index (κ3) is 4.70. The largest absolute Gasteiger partial charge is 0.497 e. The number of aromatic amines is 1. The summed E-state index contributed by atoms with van der Waals surface area (Å²) in [5.74, 6) is 1.29. The molecule has 0 bridgehead atoms. The average molecular weight is 546 g/mol. The SMILES string of the molecule is COc1ccc(C(c2ccccc2)(c2ccc(OC)cc2)C(O)[C@H]2O[C@H](n3nc(C)c(=O)[nH]c3=O)C[C@@H]2O)cc1. The molecule has 2 heterocycles. The van der Waals surface area contributed by atoms with Gasteiger partial charge in [-0.2, -0.15) is 9.78 Å². The highest BCUT2D eigenvalue weighted by molar-refractivity contribution is 5.54. The lowest BCUT2D eigenvalue weighted by molar-refractivity contribution is -0.101. The Labute approximate surface area is 230 Å². The predicted molar refractivity (Wildman–Crippen MR) is 147 cm³/mol. The van der Waals surface area contributed by atoms with E-state index in [9.17, 15) is 19.8 Å². The van der Waals surface area contributed by atoms with Gasteiger partial charge in [0.15, 0.2) is 6.23 Å². The molecule has 1 saturated heterocycles. The second-order valence-electron chi connectivity index (χ2n) is 9.72. The van der Waals surface area contributed by atoms with Crippen molar-refractivity contribution in [3.8, 4) is 11.5 Å². The number of benzene rings is 3. The van der Waals surface area contributed by atoms with Gasteiger partial charge in [-0.05, 0) is 47.9 Å². The van der Waals surface area contributed by atoms with Crippen LogP contribution in [0.25, 0.3) is 0 Å². The highest BCUT2D eigenvalue weighted by atomic mass is 16.5. The van der Waals surface area contributed by atoms with Gasteiger partial charge in [-0.3, -0.25) is 9.78 Å². The van der Waals surface area contributed by atoms with Crippen LogP contribution in [-0.4, -0.2) is 57.5 Å². The minimum absolute atomic E-state index is 0.0176. The Morgan fingerprint density at radius 2 is 1.45 bits per heavy atom. The zero-order valence-corrected chi connectivity index (χ0v) is 22.4. The van der Waals surface area contributed by atoms with Crippen LogP contribution >= 0.6 is 0 Å². The summed E-state index contributed by atoms with van der Waals surface area (Å²) >= 11 is 0. The highest BCUT2D eigenvalue weighted by Crippen LogP contribution is 2.47. The number of nitrogens with zero attached hydrogens (tertiary/aromatic N) is 2. The Bertz CT molecular complexity index is 1520. The third-order valence-electron chi connectivity index (χ3n) is 7.50. The molecule has 1 unspecified atom stereocenters. The van der Waals surface area contributed by atoms with Crippen molar-refractivity contribution in [2.75, 3.05) is 14.2 Å². The number of rotatable bonds is 8. The van der Waals surface area contributed by atoms with E-state index in [1.165, 1.54) is 6.92 Å². The molecule has 0 radical (unpaired) electrons. The summed E-state index contributed by atoms with van der Waals surface area (Å²) in [5, 5.41) is 27.7. The molecule has 3 aromatic carbocycles. The second-order valence-corrected chi connectivity index (χ2v) is 9.72. The summed E-state index contributed by atoms with van der Waals surface area (Å²) in [6, 6.07) is 24.2. The number of ether oxygens (including phenoxy) is 3. The number of hydrogen-bond acceptors (Lipinski definition) is 8. The normalized spacial score (nSPS) is 19.8. The first-order valence-corrected chi connectivity index (χ1v) is 12.9. The van der Waals surface area contributed by atoms with E-state index in [0.717, 1.165) is 21.4 Å². The Kier molecular flexibility index (Phi) is 7.57. The summed E-state index contributed by atoms with van der Waals surface area (Å²) in [6.45, 7) is 1.47. The van der Waals surface area contributed by atoms with Gasteiger partial charge in [-0.15, -0.1) is 0 Å². The minimum atomic E-state index is -1.34. The van der Waals surface area contributed by atoms with Crippen LogP contribution in [0.15, 0.2) is 88.5 Å². The van der Waals surface area contributed by atoms with Crippen molar-refractivity contribution in [1.82, 2.24) is 14.8 Å². The van der Waals surface area contributed by atoms with Gasteiger partial charge in [0.25, 0.3) is 5.56 Å². The topological polar surface area (TPSA) is 136 Å².